The Balaban J connectivity index is 2.23. The van der Waals surface area contributed by atoms with Gasteiger partial charge in [-0.25, -0.2) is 4.79 Å². The fourth-order valence-electron chi connectivity index (χ4n) is 1.78. The highest BCUT2D eigenvalue weighted by Gasteiger charge is 2.26. The lowest BCUT2D eigenvalue weighted by atomic mass is 10.0. The largest absolute Gasteiger partial charge is 0.493 e. The molecule has 0 aromatic heterocycles. The Morgan fingerprint density at radius 1 is 1.28 bits per heavy atom. The lowest BCUT2D eigenvalue weighted by Crippen LogP contribution is -2.18. The molecule has 1 aliphatic heterocycles. The molecule has 0 aliphatic carbocycles. The van der Waals surface area contributed by atoms with Crippen molar-refractivity contribution in [2.75, 3.05) is 14.2 Å². The van der Waals surface area contributed by atoms with Crippen molar-refractivity contribution in [3.05, 3.63) is 35.9 Å². The summed E-state index contributed by atoms with van der Waals surface area (Å²) in [6, 6.07) is 5.05. The van der Waals surface area contributed by atoms with E-state index in [1.165, 1.54) is 26.4 Å². The van der Waals surface area contributed by atoms with Crippen LogP contribution < -0.4 is 9.47 Å². The molecule has 1 N–H and O–H groups in total. The van der Waals surface area contributed by atoms with Crippen LogP contribution in [0.4, 0.5) is 0 Å². The minimum Gasteiger partial charge on any atom is -0.493 e. The van der Waals surface area contributed by atoms with Crippen LogP contribution in [0.5, 0.6) is 11.5 Å². The molecular weight excluding hydrogens is 236 g/mol. The van der Waals surface area contributed by atoms with E-state index in [1.54, 1.807) is 18.2 Å². The number of carbonyl (C=O) groups excluding carboxylic acids is 1. The van der Waals surface area contributed by atoms with Gasteiger partial charge in [0.15, 0.2) is 17.6 Å². The van der Waals surface area contributed by atoms with E-state index in [2.05, 4.69) is 0 Å². The quantitative estimate of drug-likeness (QED) is 0.814. The number of aliphatic hydroxyl groups excluding tert-OH is 1. The topological polar surface area (TPSA) is 65.0 Å². The second-order valence-corrected chi connectivity index (χ2v) is 3.82. The molecule has 5 heteroatoms. The van der Waals surface area contributed by atoms with E-state index in [9.17, 15) is 9.90 Å². The molecule has 2 rings (SSSR count). The fraction of sp³-hybridized carbons (Fsp3) is 0.308. The predicted octanol–water partition coefficient (Wildman–Crippen LogP) is 1.22. The SMILES string of the molecule is COc1ccc([C@@H](O)C2C=CC(=O)O2)cc1OC. The molecule has 1 aromatic carbocycles. The average molecular weight is 250 g/mol. The number of hydrogen-bond donors (Lipinski definition) is 1. The van der Waals surface area contributed by atoms with Gasteiger partial charge in [-0.05, 0) is 23.8 Å². The number of carbonyl (C=O) groups is 1. The van der Waals surface area contributed by atoms with Crippen molar-refractivity contribution in [3.8, 4) is 11.5 Å². The fourth-order valence-corrected chi connectivity index (χ4v) is 1.78. The Hall–Kier alpha value is -2.01. The zero-order chi connectivity index (χ0) is 13.1. The molecule has 1 heterocycles. The highest BCUT2D eigenvalue weighted by molar-refractivity contribution is 5.84. The Kier molecular flexibility index (Phi) is 3.53. The van der Waals surface area contributed by atoms with E-state index < -0.39 is 18.2 Å². The Bertz CT molecular complexity index is 480. The van der Waals surface area contributed by atoms with Crippen molar-refractivity contribution in [1.82, 2.24) is 0 Å². The van der Waals surface area contributed by atoms with Crippen LogP contribution in [0.3, 0.4) is 0 Å². The molecule has 0 spiro atoms. The van der Waals surface area contributed by atoms with Gasteiger partial charge in [0.25, 0.3) is 0 Å². The minimum atomic E-state index is -0.924. The van der Waals surface area contributed by atoms with Crippen LogP contribution in [0.25, 0.3) is 0 Å². The van der Waals surface area contributed by atoms with E-state index in [4.69, 9.17) is 14.2 Å². The molecule has 1 unspecified atom stereocenters. The van der Waals surface area contributed by atoms with Crippen LogP contribution in [0.15, 0.2) is 30.4 Å². The highest BCUT2D eigenvalue weighted by atomic mass is 16.6. The summed E-state index contributed by atoms with van der Waals surface area (Å²) in [6.45, 7) is 0. The number of esters is 1. The molecule has 2 atom stereocenters. The van der Waals surface area contributed by atoms with Crippen LogP contribution in [0.2, 0.25) is 0 Å². The van der Waals surface area contributed by atoms with E-state index >= 15 is 0 Å². The monoisotopic (exact) mass is 250 g/mol. The van der Waals surface area contributed by atoms with E-state index in [1.807, 2.05) is 0 Å². The molecule has 0 saturated carbocycles. The number of methoxy groups -OCH3 is 2. The summed E-state index contributed by atoms with van der Waals surface area (Å²) < 4.78 is 15.2. The van der Waals surface area contributed by atoms with Crippen LogP contribution in [0, 0.1) is 0 Å². The maximum atomic E-state index is 10.9. The molecule has 96 valence electrons. The van der Waals surface area contributed by atoms with Gasteiger partial charge < -0.3 is 19.3 Å². The molecule has 0 bridgehead atoms. The van der Waals surface area contributed by atoms with Crippen LogP contribution >= 0.6 is 0 Å². The summed E-state index contributed by atoms with van der Waals surface area (Å²) in [5, 5.41) is 10.1. The average Bonchev–Trinajstić information content (AvgIpc) is 2.83. The molecule has 0 radical (unpaired) electrons. The smallest absolute Gasteiger partial charge is 0.331 e. The highest BCUT2D eigenvalue weighted by Crippen LogP contribution is 2.32. The van der Waals surface area contributed by atoms with E-state index in [-0.39, 0.29) is 0 Å². The normalized spacial score (nSPS) is 19.5. The standard InChI is InChI=1S/C13H14O5/c1-16-9-4-3-8(7-11(9)17-2)13(15)10-5-6-12(14)18-10/h3-7,10,13,15H,1-2H3/t10?,13-/m1/s1. The molecule has 0 fully saturated rings. The van der Waals surface area contributed by atoms with Gasteiger partial charge in [-0.2, -0.15) is 0 Å². The lowest BCUT2D eigenvalue weighted by molar-refractivity contribution is -0.142. The van der Waals surface area contributed by atoms with Crippen LogP contribution in [0.1, 0.15) is 11.7 Å². The van der Waals surface area contributed by atoms with Crippen LogP contribution in [-0.2, 0) is 9.53 Å². The van der Waals surface area contributed by atoms with E-state index in [0.29, 0.717) is 17.1 Å². The Labute approximate surface area is 105 Å². The van der Waals surface area contributed by atoms with Crippen LogP contribution in [-0.4, -0.2) is 31.4 Å². The number of benzene rings is 1. The Morgan fingerprint density at radius 3 is 2.56 bits per heavy atom. The van der Waals surface area contributed by atoms with E-state index in [0.717, 1.165) is 0 Å². The first-order chi connectivity index (χ1) is 8.65. The molecule has 5 nitrogen and oxygen atoms in total. The number of hydrogen-bond acceptors (Lipinski definition) is 5. The predicted molar refractivity (Wildman–Crippen MR) is 63.5 cm³/mol. The molecule has 1 aliphatic rings. The van der Waals surface area contributed by atoms with Gasteiger partial charge in [-0.15, -0.1) is 0 Å². The van der Waals surface area contributed by atoms with Gasteiger partial charge in [0.1, 0.15) is 6.10 Å². The summed E-state index contributed by atoms with van der Waals surface area (Å²) in [7, 11) is 3.05. The first-order valence-corrected chi connectivity index (χ1v) is 5.44. The number of cyclic esters (lactones) is 1. The number of ether oxygens (including phenoxy) is 3. The summed E-state index contributed by atoms with van der Waals surface area (Å²) in [6.07, 6.45) is 1.25. The maximum Gasteiger partial charge on any atom is 0.331 e. The minimum absolute atomic E-state index is 0.445. The maximum absolute atomic E-state index is 10.9. The van der Waals surface area contributed by atoms with Gasteiger partial charge in [0, 0.05) is 6.08 Å². The second-order valence-electron chi connectivity index (χ2n) is 3.82. The van der Waals surface area contributed by atoms with Crippen molar-refractivity contribution < 1.29 is 24.1 Å². The first kappa shape index (κ1) is 12.4. The van der Waals surface area contributed by atoms with Crippen molar-refractivity contribution in [1.29, 1.82) is 0 Å². The second kappa shape index (κ2) is 5.10. The third kappa shape index (κ3) is 2.31. The van der Waals surface area contributed by atoms with Gasteiger partial charge in [0.2, 0.25) is 0 Å². The third-order valence-electron chi connectivity index (χ3n) is 2.73. The number of rotatable bonds is 4. The zero-order valence-corrected chi connectivity index (χ0v) is 10.1. The molecule has 0 saturated heterocycles. The summed E-state index contributed by atoms with van der Waals surface area (Å²) in [4.78, 5) is 10.9. The molecular formula is C13H14O5. The molecule has 18 heavy (non-hydrogen) atoms. The van der Waals surface area contributed by atoms with Gasteiger partial charge in [-0.1, -0.05) is 6.07 Å². The first-order valence-electron chi connectivity index (χ1n) is 5.44. The van der Waals surface area contributed by atoms with Crippen molar-refractivity contribution >= 4 is 5.97 Å². The lowest BCUT2D eigenvalue weighted by Gasteiger charge is -2.18. The van der Waals surface area contributed by atoms with Crippen molar-refractivity contribution in [2.24, 2.45) is 0 Å². The molecule has 1 aromatic rings. The number of aliphatic hydroxyl groups is 1. The van der Waals surface area contributed by atoms with Gasteiger partial charge >= 0.3 is 5.97 Å². The Morgan fingerprint density at radius 2 is 2.00 bits per heavy atom. The van der Waals surface area contributed by atoms with Gasteiger partial charge in [-0.3, -0.25) is 0 Å². The van der Waals surface area contributed by atoms with Crippen molar-refractivity contribution in [3.63, 3.8) is 0 Å². The summed E-state index contributed by atoms with van der Waals surface area (Å²) in [5.41, 5.74) is 0.594. The van der Waals surface area contributed by atoms with Crippen molar-refractivity contribution in [2.45, 2.75) is 12.2 Å². The molecule has 0 amide bonds. The summed E-state index contributed by atoms with van der Waals surface area (Å²) >= 11 is 0. The third-order valence-corrected chi connectivity index (χ3v) is 2.73. The summed E-state index contributed by atoms with van der Waals surface area (Å²) in [5.74, 6) is 0.647. The van der Waals surface area contributed by atoms with Gasteiger partial charge in [0.05, 0.1) is 14.2 Å². The zero-order valence-electron chi connectivity index (χ0n) is 10.1.